The predicted octanol–water partition coefficient (Wildman–Crippen LogP) is 3.87. The SMILES string of the molecule is CCCCOc1ccc2c(C)cc(=O)oc2c1C(=O)CC. The van der Waals surface area contributed by atoms with Gasteiger partial charge >= 0.3 is 5.63 Å². The van der Waals surface area contributed by atoms with Crippen molar-refractivity contribution in [2.24, 2.45) is 0 Å². The van der Waals surface area contributed by atoms with Gasteiger partial charge in [0, 0.05) is 17.9 Å². The van der Waals surface area contributed by atoms with Crippen LogP contribution in [0, 0.1) is 6.92 Å². The molecule has 0 N–H and O–H groups in total. The topological polar surface area (TPSA) is 56.5 Å². The van der Waals surface area contributed by atoms with Crippen LogP contribution in [0.3, 0.4) is 0 Å². The van der Waals surface area contributed by atoms with Crippen molar-refractivity contribution in [2.45, 2.75) is 40.0 Å². The van der Waals surface area contributed by atoms with Crippen molar-refractivity contribution in [1.29, 1.82) is 0 Å². The second-order valence-electron chi connectivity index (χ2n) is 5.04. The van der Waals surface area contributed by atoms with E-state index in [9.17, 15) is 9.59 Å². The molecule has 4 heteroatoms. The summed E-state index contributed by atoms with van der Waals surface area (Å²) in [5.74, 6) is 0.414. The lowest BCUT2D eigenvalue weighted by Gasteiger charge is -2.12. The number of hydrogen-bond acceptors (Lipinski definition) is 4. The van der Waals surface area contributed by atoms with E-state index in [-0.39, 0.29) is 5.78 Å². The fraction of sp³-hybridized carbons (Fsp3) is 0.412. The predicted molar refractivity (Wildman–Crippen MR) is 82.2 cm³/mol. The highest BCUT2D eigenvalue weighted by Gasteiger charge is 2.18. The van der Waals surface area contributed by atoms with E-state index in [0.29, 0.717) is 29.9 Å². The Bertz CT molecular complexity index is 713. The van der Waals surface area contributed by atoms with E-state index in [2.05, 4.69) is 6.92 Å². The lowest BCUT2D eigenvalue weighted by atomic mass is 10.0. The summed E-state index contributed by atoms with van der Waals surface area (Å²) in [6.45, 7) is 6.23. The van der Waals surface area contributed by atoms with Crippen molar-refractivity contribution in [3.8, 4) is 5.75 Å². The van der Waals surface area contributed by atoms with Crippen molar-refractivity contribution in [3.63, 3.8) is 0 Å². The third-order valence-electron chi connectivity index (χ3n) is 3.44. The van der Waals surface area contributed by atoms with Gasteiger partial charge in [0.1, 0.15) is 11.3 Å². The third-order valence-corrected chi connectivity index (χ3v) is 3.44. The van der Waals surface area contributed by atoms with Crippen molar-refractivity contribution in [2.75, 3.05) is 6.61 Å². The standard InChI is InChI=1S/C17H20O4/c1-4-6-9-20-14-8-7-12-11(3)10-15(19)21-17(12)16(14)13(18)5-2/h7-8,10H,4-6,9H2,1-3H3. The molecular weight excluding hydrogens is 268 g/mol. The number of aryl methyl sites for hydroxylation is 1. The molecule has 1 heterocycles. The Balaban J connectivity index is 2.64. The van der Waals surface area contributed by atoms with E-state index in [1.165, 1.54) is 6.07 Å². The van der Waals surface area contributed by atoms with Gasteiger partial charge in [-0.2, -0.15) is 0 Å². The third kappa shape index (κ3) is 3.15. The average molecular weight is 288 g/mol. The molecule has 0 atom stereocenters. The number of rotatable bonds is 6. The van der Waals surface area contributed by atoms with Gasteiger partial charge in [-0.3, -0.25) is 4.79 Å². The second kappa shape index (κ2) is 6.57. The Morgan fingerprint density at radius 3 is 2.71 bits per heavy atom. The van der Waals surface area contributed by atoms with Gasteiger partial charge in [0.25, 0.3) is 0 Å². The van der Waals surface area contributed by atoms with Crippen molar-refractivity contribution in [1.82, 2.24) is 0 Å². The molecule has 0 unspecified atom stereocenters. The lowest BCUT2D eigenvalue weighted by Crippen LogP contribution is -2.08. The first-order chi connectivity index (χ1) is 10.1. The second-order valence-corrected chi connectivity index (χ2v) is 5.04. The summed E-state index contributed by atoms with van der Waals surface area (Å²) in [5.41, 5.74) is 1.06. The molecule has 0 bridgehead atoms. The molecule has 1 aromatic carbocycles. The van der Waals surface area contributed by atoms with E-state index >= 15 is 0 Å². The molecule has 0 aliphatic carbocycles. The number of Topliss-reactive ketones (excluding diaryl/α,β-unsaturated/α-hetero) is 1. The van der Waals surface area contributed by atoms with Crippen molar-refractivity contribution < 1.29 is 13.9 Å². The Morgan fingerprint density at radius 1 is 1.29 bits per heavy atom. The maximum absolute atomic E-state index is 12.3. The molecule has 0 saturated carbocycles. The normalized spacial score (nSPS) is 10.8. The van der Waals surface area contributed by atoms with Crippen LogP contribution in [-0.4, -0.2) is 12.4 Å². The molecule has 4 nitrogen and oxygen atoms in total. The Hall–Kier alpha value is -2.10. The van der Waals surface area contributed by atoms with Gasteiger partial charge in [-0.05, 0) is 31.0 Å². The number of hydrogen-bond donors (Lipinski definition) is 0. The lowest BCUT2D eigenvalue weighted by molar-refractivity contribution is 0.0984. The summed E-state index contributed by atoms with van der Waals surface area (Å²) >= 11 is 0. The highest BCUT2D eigenvalue weighted by molar-refractivity contribution is 6.08. The van der Waals surface area contributed by atoms with E-state index in [0.717, 1.165) is 23.8 Å². The number of fused-ring (bicyclic) bond motifs is 1. The van der Waals surface area contributed by atoms with E-state index in [1.54, 1.807) is 13.0 Å². The number of ketones is 1. The van der Waals surface area contributed by atoms with E-state index in [4.69, 9.17) is 9.15 Å². The number of carbonyl (C=O) groups is 1. The number of ether oxygens (including phenoxy) is 1. The van der Waals surface area contributed by atoms with E-state index < -0.39 is 5.63 Å². The summed E-state index contributed by atoms with van der Waals surface area (Å²) in [5, 5.41) is 0.772. The zero-order valence-electron chi connectivity index (χ0n) is 12.7. The van der Waals surface area contributed by atoms with Crippen LogP contribution in [0.25, 0.3) is 11.0 Å². The molecule has 0 aliphatic heterocycles. The van der Waals surface area contributed by atoms with Crippen LogP contribution in [0.2, 0.25) is 0 Å². The minimum Gasteiger partial charge on any atom is -0.493 e. The van der Waals surface area contributed by atoms with Crippen LogP contribution in [0.4, 0.5) is 0 Å². The molecule has 0 saturated heterocycles. The van der Waals surface area contributed by atoms with Crippen LogP contribution < -0.4 is 10.4 Å². The van der Waals surface area contributed by atoms with Gasteiger partial charge in [0.05, 0.1) is 6.61 Å². The number of benzene rings is 1. The highest BCUT2D eigenvalue weighted by Crippen LogP contribution is 2.30. The van der Waals surface area contributed by atoms with Crippen molar-refractivity contribution >= 4 is 16.8 Å². The molecule has 0 aliphatic rings. The van der Waals surface area contributed by atoms with Crippen LogP contribution in [0.15, 0.2) is 27.4 Å². The fourth-order valence-electron chi connectivity index (χ4n) is 2.25. The highest BCUT2D eigenvalue weighted by atomic mass is 16.5. The summed E-state index contributed by atoms with van der Waals surface area (Å²) in [6, 6.07) is 5.05. The molecule has 2 rings (SSSR count). The number of unbranched alkanes of at least 4 members (excludes halogenated alkanes) is 1. The van der Waals surface area contributed by atoms with Gasteiger partial charge in [-0.15, -0.1) is 0 Å². The zero-order valence-corrected chi connectivity index (χ0v) is 12.7. The monoisotopic (exact) mass is 288 g/mol. The Kier molecular flexibility index (Phi) is 4.78. The Morgan fingerprint density at radius 2 is 2.05 bits per heavy atom. The van der Waals surface area contributed by atoms with Crippen LogP contribution >= 0.6 is 0 Å². The van der Waals surface area contributed by atoms with Gasteiger partial charge in [0.15, 0.2) is 11.4 Å². The fourth-order valence-corrected chi connectivity index (χ4v) is 2.25. The van der Waals surface area contributed by atoms with Crippen LogP contribution in [-0.2, 0) is 0 Å². The van der Waals surface area contributed by atoms with Crippen LogP contribution in [0.1, 0.15) is 49.0 Å². The minimum absolute atomic E-state index is 0.0825. The molecule has 21 heavy (non-hydrogen) atoms. The largest absolute Gasteiger partial charge is 0.493 e. The zero-order chi connectivity index (χ0) is 15.4. The number of carbonyl (C=O) groups excluding carboxylic acids is 1. The van der Waals surface area contributed by atoms with Gasteiger partial charge < -0.3 is 9.15 Å². The van der Waals surface area contributed by atoms with Crippen LogP contribution in [0.5, 0.6) is 5.75 Å². The molecule has 1 aromatic heterocycles. The summed E-state index contributed by atoms with van der Waals surface area (Å²) in [6.07, 6.45) is 2.26. The molecule has 0 amide bonds. The molecule has 0 fully saturated rings. The van der Waals surface area contributed by atoms with Crippen molar-refractivity contribution in [3.05, 3.63) is 39.7 Å². The smallest absolute Gasteiger partial charge is 0.336 e. The molecule has 0 radical (unpaired) electrons. The summed E-state index contributed by atoms with van der Waals surface area (Å²) in [7, 11) is 0. The summed E-state index contributed by atoms with van der Waals surface area (Å²) < 4.78 is 11.0. The maximum Gasteiger partial charge on any atom is 0.336 e. The Labute approximate surface area is 123 Å². The first-order valence-electron chi connectivity index (χ1n) is 7.32. The molecule has 0 spiro atoms. The minimum atomic E-state index is -0.448. The molecular formula is C17H20O4. The van der Waals surface area contributed by atoms with E-state index in [1.807, 2.05) is 13.0 Å². The van der Waals surface area contributed by atoms with Gasteiger partial charge in [-0.1, -0.05) is 20.3 Å². The van der Waals surface area contributed by atoms with Gasteiger partial charge in [-0.25, -0.2) is 4.79 Å². The molecule has 2 aromatic rings. The van der Waals surface area contributed by atoms with Gasteiger partial charge in [0.2, 0.25) is 0 Å². The first kappa shape index (κ1) is 15.3. The quantitative estimate of drug-likeness (QED) is 0.460. The summed E-state index contributed by atoms with van der Waals surface area (Å²) in [4.78, 5) is 23.9. The average Bonchev–Trinajstić information content (AvgIpc) is 2.46. The molecule has 112 valence electrons. The first-order valence-corrected chi connectivity index (χ1v) is 7.32. The maximum atomic E-state index is 12.3.